The van der Waals surface area contributed by atoms with Crippen LogP contribution in [-0.4, -0.2) is 42.0 Å². The Balaban J connectivity index is 1.58. The monoisotopic (exact) mass is 444 g/mol. The highest BCUT2D eigenvalue weighted by molar-refractivity contribution is 8.00. The Morgan fingerprint density at radius 2 is 1.67 bits per heavy atom. The summed E-state index contributed by atoms with van der Waals surface area (Å²) in [4.78, 5) is 25.6. The molecule has 0 radical (unpaired) electrons. The third kappa shape index (κ3) is 5.49. The Kier molecular flexibility index (Phi) is 7.26. The van der Waals surface area contributed by atoms with Crippen LogP contribution in [0.3, 0.4) is 0 Å². The number of benzene rings is 2. The second-order valence-electron chi connectivity index (χ2n) is 5.98. The number of anilines is 2. The van der Waals surface area contributed by atoms with Gasteiger partial charge in [-0.2, -0.15) is 0 Å². The van der Waals surface area contributed by atoms with Crippen LogP contribution < -0.4 is 20.1 Å². The summed E-state index contributed by atoms with van der Waals surface area (Å²) in [5, 5.41) is 14.6. The van der Waals surface area contributed by atoms with Crippen molar-refractivity contribution in [2.75, 3.05) is 30.6 Å². The molecule has 0 saturated carbocycles. The second-order valence-corrected chi connectivity index (χ2v) is 8.21. The van der Waals surface area contributed by atoms with Gasteiger partial charge in [0.25, 0.3) is 5.91 Å². The maximum Gasteiger partial charge on any atom is 0.263 e. The van der Waals surface area contributed by atoms with E-state index in [4.69, 9.17) is 9.47 Å². The fourth-order valence-corrected chi connectivity index (χ4v) is 3.86. The van der Waals surface area contributed by atoms with Crippen molar-refractivity contribution in [2.24, 2.45) is 0 Å². The van der Waals surface area contributed by atoms with E-state index >= 15 is 0 Å². The third-order valence-electron chi connectivity index (χ3n) is 3.91. The van der Waals surface area contributed by atoms with Crippen molar-refractivity contribution < 1.29 is 19.1 Å². The first-order valence-corrected chi connectivity index (χ1v) is 10.7. The molecule has 0 spiro atoms. The lowest BCUT2D eigenvalue weighted by Gasteiger charge is -2.13. The highest BCUT2D eigenvalue weighted by Gasteiger charge is 2.18. The lowest BCUT2D eigenvalue weighted by molar-refractivity contribution is -0.113. The zero-order valence-corrected chi connectivity index (χ0v) is 18.2. The van der Waals surface area contributed by atoms with E-state index in [-0.39, 0.29) is 17.6 Å². The molecule has 10 heteroatoms. The van der Waals surface area contributed by atoms with Crippen molar-refractivity contribution in [1.29, 1.82) is 0 Å². The van der Waals surface area contributed by atoms with Gasteiger partial charge in [-0.3, -0.25) is 14.9 Å². The molecule has 0 fully saturated rings. The van der Waals surface area contributed by atoms with Gasteiger partial charge in [0.15, 0.2) is 0 Å². The lowest BCUT2D eigenvalue weighted by atomic mass is 10.1. The highest BCUT2D eigenvalue weighted by atomic mass is 32.2. The molecular weight excluding hydrogens is 424 g/mol. The molecular formula is C20H20N4O4S2. The minimum atomic E-state index is -0.337. The van der Waals surface area contributed by atoms with Crippen molar-refractivity contribution >= 4 is 45.7 Å². The van der Waals surface area contributed by atoms with Crippen LogP contribution in [0.2, 0.25) is 0 Å². The normalized spacial score (nSPS) is 10.4. The summed E-state index contributed by atoms with van der Waals surface area (Å²) in [6.07, 6.45) is 0. The molecule has 2 amide bonds. The van der Waals surface area contributed by atoms with Crippen molar-refractivity contribution in [2.45, 2.75) is 11.8 Å². The van der Waals surface area contributed by atoms with Crippen molar-refractivity contribution in [3.05, 3.63) is 53.0 Å². The van der Waals surface area contributed by atoms with E-state index < -0.39 is 0 Å². The van der Waals surface area contributed by atoms with E-state index in [2.05, 4.69) is 20.8 Å². The van der Waals surface area contributed by atoms with Crippen LogP contribution in [0.5, 0.6) is 11.5 Å². The van der Waals surface area contributed by atoms with Crippen molar-refractivity contribution in [1.82, 2.24) is 10.2 Å². The number of nitrogens with one attached hydrogen (secondary N) is 2. The number of aryl methyl sites for hydroxylation is 1. The molecule has 156 valence electrons. The smallest absolute Gasteiger partial charge is 0.263 e. The molecule has 8 nitrogen and oxygen atoms in total. The number of carbonyl (C=O) groups excluding carboxylic acids is 2. The first-order valence-electron chi connectivity index (χ1n) is 8.85. The van der Waals surface area contributed by atoms with Gasteiger partial charge in [0.05, 0.1) is 20.0 Å². The van der Waals surface area contributed by atoms with Crippen LogP contribution in [0, 0.1) is 6.92 Å². The van der Waals surface area contributed by atoms with Gasteiger partial charge in [-0.1, -0.05) is 17.4 Å². The number of methoxy groups -OCH3 is 2. The van der Waals surface area contributed by atoms with Crippen LogP contribution in [0.4, 0.5) is 10.8 Å². The number of hydrogen-bond acceptors (Lipinski definition) is 8. The maximum absolute atomic E-state index is 12.7. The summed E-state index contributed by atoms with van der Waals surface area (Å²) in [6.45, 7) is 1.83. The average Bonchev–Trinajstić information content (AvgIpc) is 3.16. The van der Waals surface area contributed by atoms with Gasteiger partial charge in [0.2, 0.25) is 11.0 Å². The molecule has 0 aliphatic carbocycles. The standard InChI is InChI=1S/C20H20N4O4S2/c1-12-23-24-20(30-12)22-17(25)11-29-14-9-7-13(8-10-14)21-19(26)18-15(27-2)5-4-6-16(18)28-3/h4-10H,11H2,1-3H3,(H,21,26)(H,22,24,25). The van der Waals surface area contributed by atoms with Crippen LogP contribution in [0.1, 0.15) is 15.4 Å². The molecule has 1 heterocycles. The van der Waals surface area contributed by atoms with E-state index in [0.717, 1.165) is 9.90 Å². The van der Waals surface area contributed by atoms with Crippen LogP contribution in [0.15, 0.2) is 47.4 Å². The largest absolute Gasteiger partial charge is 0.496 e. The van der Waals surface area contributed by atoms with Crippen LogP contribution in [0.25, 0.3) is 0 Å². The molecule has 3 rings (SSSR count). The Bertz CT molecular complexity index is 1020. The van der Waals surface area contributed by atoms with Crippen LogP contribution in [-0.2, 0) is 4.79 Å². The molecule has 0 bridgehead atoms. The van der Waals surface area contributed by atoms with Gasteiger partial charge in [0, 0.05) is 10.6 Å². The van der Waals surface area contributed by atoms with Gasteiger partial charge in [-0.05, 0) is 43.3 Å². The first-order chi connectivity index (χ1) is 14.5. The Morgan fingerprint density at radius 3 is 2.23 bits per heavy atom. The molecule has 2 N–H and O–H groups in total. The second kappa shape index (κ2) is 10.1. The zero-order valence-electron chi connectivity index (χ0n) is 16.6. The Hall–Kier alpha value is -3.11. The fraction of sp³-hybridized carbons (Fsp3) is 0.200. The molecule has 30 heavy (non-hydrogen) atoms. The number of rotatable bonds is 8. The fourth-order valence-electron chi connectivity index (χ4n) is 2.55. The lowest BCUT2D eigenvalue weighted by Crippen LogP contribution is -2.14. The number of ether oxygens (including phenoxy) is 2. The molecule has 0 aliphatic rings. The summed E-state index contributed by atoms with van der Waals surface area (Å²) in [5.74, 6) is 0.600. The number of nitrogens with zero attached hydrogens (tertiary/aromatic N) is 2. The molecule has 0 unspecified atom stereocenters. The number of amides is 2. The zero-order chi connectivity index (χ0) is 21.5. The minimum absolute atomic E-state index is 0.156. The van der Waals surface area contributed by atoms with Gasteiger partial charge < -0.3 is 14.8 Å². The number of aromatic nitrogens is 2. The SMILES string of the molecule is COc1cccc(OC)c1C(=O)Nc1ccc(SCC(=O)Nc2nnc(C)s2)cc1. The summed E-state index contributed by atoms with van der Waals surface area (Å²) in [5.41, 5.74) is 0.940. The predicted octanol–water partition coefficient (Wildman–Crippen LogP) is 3.85. The average molecular weight is 445 g/mol. The summed E-state index contributed by atoms with van der Waals surface area (Å²) in [7, 11) is 3.00. The quantitative estimate of drug-likeness (QED) is 0.509. The van der Waals surface area contributed by atoms with E-state index in [1.807, 2.05) is 19.1 Å². The summed E-state index contributed by atoms with van der Waals surface area (Å²) < 4.78 is 10.5. The van der Waals surface area contributed by atoms with Gasteiger partial charge in [-0.25, -0.2) is 0 Å². The van der Waals surface area contributed by atoms with E-state index in [0.29, 0.717) is 27.9 Å². The topological polar surface area (TPSA) is 102 Å². The Labute approximate surface area is 182 Å². The van der Waals surface area contributed by atoms with Gasteiger partial charge in [-0.15, -0.1) is 22.0 Å². The van der Waals surface area contributed by atoms with E-state index in [1.54, 1.807) is 30.3 Å². The molecule has 0 saturated heterocycles. The summed E-state index contributed by atoms with van der Waals surface area (Å²) in [6, 6.07) is 12.4. The maximum atomic E-state index is 12.7. The number of hydrogen-bond donors (Lipinski definition) is 2. The molecule has 3 aromatic rings. The van der Waals surface area contributed by atoms with Crippen LogP contribution >= 0.6 is 23.1 Å². The molecule has 0 aliphatic heterocycles. The number of carbonyl (C=O) groups is 2. The molecule has 2 aromatic carbocycles. The van der Waals surface area contributed by atoms with E-state index in [9.17, 15) is 9.59 Å². The van der Waals surface area contributed by atoms with Crippen molar-refractivity contribution in [3.63, 3.8) is 0 Å². The minimum Gasteiger partial charge on any atom is -0.496 e. The van der Waals surface area contributed by atoms with Gasteiger partial charge >= 0.3 is 0 Å². The number of thioether (sulfide) groups is 1. The molecule has 1 aromatic heterocycles. The van der Waals surface area contributed by atoms with E-state index in [1.165, 1.54) is 37.3 Å². The van der Waals surface area contributed by atoms with Gasteiger partial charge in [0.1, 0.15) is 22.1 Å². The first kappa shape index (κ1) is 21.6. The predicted molar refractivity (Wildman–Crippen MR) is 118 cm³/mol. The third-order valence-corrected chi connectivity index (χ3v) is 5.68. The molecule has 0 atom stereocenters. The highest BCUT2D eigenvalue weighted by Crippen LogP contribution is 2.29. The van der Waals surface area contributed by atoms with Crippen molar-refractivity contribution in [3.8, 4) is 11.5 Å². The Morgan fingerprint density at radius 1 is 1.00 bits per heavy atom. The summed E-state index contributed by atoms with van der Waals surface area (Å²) >= 11 is 2.71.